The van der Waals surface area contributed by atoms with Crippen molar-refractivity contribution in [3.8, 4) is 5.69 Å². The molecule has 0 atom stereocenters. The fourth-order valence-electron chi connectivity index (χ4n) is 2.50. The molecule has 0 unspecified atom stereocenters. The predicted octanol–water partition coefficient (Wildman–Crippen LogP) is 5.14. The summed E-state index contributed by atoms with van der Waals surface area (Å²) in [4.78, 5) is 0. The van der Waals surface area contributed by atoms with Crippen LogP contribution in [-0.2, 0) is 26.4 Å². The van der Waals surface area contributed by atoms with E-state index in [1.807, 2.05) is 28.2 Å². The summed E-state index contributed by atoms with van der Waals surface area (Å²) in [6.45, 7) is 0. The van der Waals surface area contributed by atoms with Crippen molar-refractivity contribution in [3.63, 3.8) is 0 Å². The third-order valence-electron chi connectivity index (χ3n) is 3.78. The molecule has 1 aromatic heterocycles. The Labute approximate surface area is 160 Å². The Morgan fingerprint density at radius 1 is 1.05 bits per heavy atom. The standard InChI is InChI=1S/C10H10N2.C6H11Br2N.Pt/c1-11-7-8-12(9-11)10-5-3-2-4-6-10;7-9(8)6-4-2-1-3-5-6;/h2-8H,1H3;6H,1-5H2;. The monoisotopic (exact) mass is 608 g/mol. The molecule has 1 aliphatic carbocycles. The first-order valence-electron chi connectivity index (χ1n) is 7.45. The molecule has 0 radical (unpaired) electrons. The number of aryl methyl sites for hydroxylation is 1. The molecule has 0 bridgehead atoms. The fraction of sp³-hybridized carbons (Fsp3) is 0.438. The molecular formula is C16H21Br2N3Pt. The van der Waals surface area contributed by atoms with Crippen LogP contribution in [-0.4, -0.2) is 18.1 Å². The second-order valence-corrected chi connectivity index (χ2v) is 8.90. The van der Waals surface area contributed by atoms with E-state index in [-0.39, 0.29) is 0 Å². The van der Waals surface area contributed by atoms with E-state index in [0.29, 0.717) is 0 Å². The molecule has 0 aliphatic heterocycles. The molecule has 22 heavy (non-hydrogen) atoms. The van der Waals surface area contributed by atoms with Crippen LogP contribution in [0.25, 0.3) is 5.69 Å². The summed E-state index contributed by atoms with van der Waals surface area (Å²) in [6, 6.07) is 11.0. The summed E-state index contributed by atoms with van der Waals surface area (Å²) in [5.74, 6) is 0. The summed E-state index contributed by atoms with van der Waals surface area (Å²) in [5.41, 5.74) is 1.20. The van der Waals surface area contributed by atoms with Crippen LogP contribution in [0.4, 0.5) is 0 Å². The zero-order valence-corrected chi connectivity index (χ0v) is 18.0. The maximum absolute atomic E-state index is 3.39. The normalized spacial score (nSPS) is 15.5. The van der Waals surface area contributed by atoms with E-state index in [2.05, 4.69) is 85.3 Å². The van der Waals surface area contributed by atoms with Crippen LogP contribution in [0, 0.1) is 3.80 Å². The van der Waals surface area contributed by atoms with Gasteiger partial charge in [-0.25, -0.2) is 0 Å². The Morgan fingerprint density at radius 3 is 2.14 bits per heavy atom. The number of rotatable bonds is 2. The number of benzene rings is 1. The van der Waals surface area contributed by atoms with Crippen LogP contribution in [0.5, 0.6) is 0 Å². The molecule has 0 saturated heterocycles. The van der Waals surface area contributed by atoms with E-state index in [4.69, 9.17) is 0 Å². The van der Waals surface area contributed by atoms with Crippen molar-refractivity contribution in [1.29, 1.82) is 0 Å². The minimum absolute atomic E-state index is 0.721. The van der Waals surface area contributed by atoms with E-state index in [0.717, 1.165) is 6.04 Å². The minimum atomic E-state index is 0.721. The molecule has 3 nitrogen and oxygen atoms in total. The van der Waals surface area contributed by atoms with Gasteiger partial charge in [0.05, 0.1) is 0 Å². The van der Waals surface area contributed by atoms with Crippen molar-refractivity contribution in [1.82, 2.24) is 12.1 Å². The fourth-order valence-corrected chi connectivity index (χ4v) is 3.95. The zero-order chi connectivity index (χ0) is 15.9. The van der Waals surface area contributed by atoms with Gasteiger partial charge in [-0.05, 0) is 12.8 Å². The zero-order valence-electron chi connectivity index (χ0n) is 12.6. The Bertz CT molecular complexity index is 616. The average molecular weight is 610 g/mol. The average Bonchev–Trinajstić information content (AvgIpc) is 2.89. The molecule has 6 heteroatoms. The van der Waals surface area contributed by atoms with Crippen LogP contribution >= 0.6 is 32.3 Å². The molecule has 1 aliphatic rings. The number of imidazole rings is 1. The Balaban J connectivity index is 0.000000172. The third kappa shape index (κ3) is 5.29. The molecule has 0 N–H and O–H groups in total. The van der Waals surface area contributed by atoms with Crippen molar-refractivity contribution in [3.05, 3.63) is 46.5 Å². The first-order chi connectivity index (χ1) is 10.6. The van der Waals surface area contributed by atoms with Crippen molar-refractivity contribution < 1.29 is 19.4 Å². The van der Waals surface area contributed by atoms with Crippen LogP contribution < -0.4 is 0 Å². The van der Waals surface area contributed by atoms with E-state index in [9.17, 15) is 0 Å². The summed E-state index contributed by atoms with van der Waals surface area (Å²) in [6.07, 6.45) is 11.0. The van der Waals surface area contributed by atoms with Crippen LogP contribution in [0.2, 0.25) is 0 Å². The van der Waals surface area contributed by atoms with Gasteiger partial charge in [0.15, 0.2) is 0 Å². The van der Waals surface area contributed by atoms with Gasteiger partial charge < -0.3 is 0 Å². The Hall–Kier alpha value is 0.0383. The second kappa shape index (κ2) is 9.36. The third-order valence-corrected chi connectivity index (χ3v) is 6.28. The maximum atomic E-state index is 3.39. The Morgan fingerprint density at radius 2 is 1.68 bits per heavy atom. The number of nitrogens with zero attached hydrogens (tertiary/aromatic N) is 3. The molecular weight excluding hydrogens is 589 g/mol. The molecule has 0 amide bonds. The first kappa shape index (κ1) is 18.4. The topological polar surface area (TPSA) is 13.1 Å². The van der Waals surface area contributed by atoms with Crippen LogP contribution in [0.3, 0.4) is 0 Å². The van der Waals surface area contributed by atoms with Gasteiger partial charge in [0.1, 0.15) is 0 Å². The number of halogens is 2. The SMILES string of the molecule is BrN(Br)C1CCCCC1.Cn1ccn(-c2ccccc2)[c]1=[Pt]. The van der Waals surface area contributed by atoms with Crippen molar-refractivity contribution >= 4 is 32.3 Å². The molecule has 124 valence electrons. The molecule has 0 spiro atoms. The van der Waals surface area contributed by atoms with Gasteiger partial charge in [0.25, 0.3) is 0 Å². The number of para-hydroxylation sites is 1. The van der Waals surface area contributed by atoms with Gasteiger partial charge >= 0.3 is 87.8 Å². The van der Waals surface area contributed by atoms with Gasteiger partial charge in [0.2, 0.25) is 0 Å². The summed E-state index contributed by atoms with van der Waals surface area (Å²) in [5, 5.41) is 0. The van der Waals surface area contributed by atoms with Gasteiger partial charge in [-0.3, -0.25) is 0 Å². The van der Waals surface area contributed by atoms with Crippen molar-refractivity contribution in [2.75, 3.05) is 0 Å². The van der Waals surface area contributed by atoms with Gasteiger partial charge in [-0.2, -0.15) is 2.95 Å². The molecule has 2 aromatic rings. The molecule has 1 fully saturated rings. The summed E-state index contributed by atoms with van der Waals surface area (Å²) in [7, 11) is 2.04. The van der Waals surface area contributed by atoms with Crippen molar-refractivity contribution in [2.45, 2.75) is 38.1 Å². The molecule has 1 saturated carbocycles. The number of hydrogen-bond donors (Lipinski definition) is 0. The molecule has 3 rings (SSSR count). The van der Waals surface area contributed by atoms with Crippen molar-refractivity contribution in [2.24, 2.45) is 7.05 Å². The van der Waals surface area contributed by atoms with E-state index < -0.39 is 0 Å². The summed E-state index contributed by atoms with van der Waals surface area (Å²) < 4.78 is 7.43. The van der Waals surface area contributed by atoms with Crippen LogP contribution in [0.15, 0.2) is 42.7 Å². The quantitative estimate of drug-likeness (QED) is 0.430. The van der Waals surface area contributed by atoms with Crippen LogP contribution in [0.1, 0.15) is 32.1 Å². The van der Waals surface area contributed by atoms with E-state index in [1.54, 1.807) is 0 Å². The number of aromatic nitrogens is 2. The van der Waals surface area contributed by atoms with E-state index in [1.165, 1.54) is 41.6 Å². The second-order valence-electron chi connectivity index (χ2n) is 5.41. The van der Waals surface area contributed by atoms with E-state index >= 15 is 0 Å². The summed E-state index contributed by atoms with van der Waals surface area (Å²) >= 11 is 9.08. The predicted molar refractivity (Wildman–Crippen MR) is 94.5 cm³/mol. The number of hydrogen-bond acceptors (Lipinski definition) is 1. The van der Waals surface area contributed by atoms with Gasteiger partial charge in [-0.15, -0.1) is 0 Å². The van der Waals surface area contributed by atoms with Gasteiger partial charge in [-0.1, -0.05) is 19.3 Å². The van der Waals surface area contributed by atoms with Gasteiger partial charge in [0, 0.05) is 38.3 Å². The molecule has 1 heterocycles. The molecule has 1 aromatic carbocycles. The Kier molecular flexibility index (Phi) is 7.82. The first-order valence-corrected chi connectivity index (χ1v) is 10.0.